The van der Waals surface area contributed by atoms with Crippen LogP contribution in [0.5, 0.6) is 0 Å². The molecule has 0 bridgehead atoms. The number of aromatic nitrogens is 5. The topological polar surface area (TPSA) is 69.6 Å². The maximum absolute atomic E-state index is 14.3. The minimum absolute atomic E-state index is 0.200. The van der Waals surface area contributed by atoms with Crippen molar-refractivity contribution in [2.75, 3.05) is 26.3 Å². The van der Waals surface area contributed by atoms with Gasteiger partial charge in [0.25, 0.3) is 0 Å². The van der Waals surface area contributed by atoms with Crippen molar-refractivity contribution >= 4 is 5.52 Å². The second-order valence-electron chi connectivity index (χ2n) is 10.8. The molecule has 2 saturated heterocycles. The van der Waals surface area contributed by atoms with Crippen LogP contribution in [0.15, 0.2) is 53.8 Å². The molecule has 1 aromatic carbocycles. The smallest absolute Gasteiger partial charge is 0.379 e. The third kappa shape index (κ3) is 4.78. The first kappa shape index (κ1) is 23.4. The molecule has 0 spiro atoms. The Kier molecular flexibility index (Phi) is 5.79. The average molecular weight is 543 g/mol. The molecule has 6 rings (SSSR count). The summed E-state index contributed by atoms with van der Waals surface area (Å²) in [6.45, 7) is 1.54. The molecule has 4 aromatic rings. The van der Waals surface area contributed by atoms with Crippen LogP contribution in [0.2, 0.25) is 0 Å². The van der Waals surface area contributed by atoms with Crippen molar-refractivity contribution in [1.82, 2.24) is 28.6 Å². The molecule has 3 aromatic heterocycles. The van der Waals surface area contributed by atoms with Gasteiger partial charge in [0.2, 0.25) is 0 Å². The number of aryl methyl sites for hydroxylation is 1. The Morgan fingerprint density at radius 1 is 1.23 bits per heavy atom. The molecule has 0 N–H and O–H groups in total. The van der Waals surface area contributed by atoms with E-state index >= 15 is 0 Å². The predicted octanol–water partition coefficient (Wildman–Crippen LogP) is 3.98. The summed E-state index contributed by atoms with van der Waals surface area (Å²) < 4.78 is 70.0. The van der Waals surface area contributed by atoms with Crippen LogP contribution in [-0.4, -0.2) is 54.9 Å². The van der Waals surface area contributed by atoms with Gasteiger partial charge in [-0.25, -0.2) is 4.79 Å². The van der Waals surface area contributed by atoms with Crippen LogP contribution in [0, 0.1) is 5.92 Å². The molecular weight excluding hydrogens is 509 g/mol. The summed E-state index contributed by atoms with van der Waals surface area (Å²) in [4.78, 5) is 15.2. The lowest BCUT2D eigenvalue weighted by molar-refractivity contribution is -0.136. The fraction of sp³-hybridized carbons (Fsp3) is 0.464. The molecule has 0 unspecified atom stereocenters. The van der Waals surface area contributed by atoms with Gasteiger partial charge in [-0.3, -0.25) is 13.9 Å². The highest BCUT2D eigenvalue weighted by Gasteiger charge is 2.42. The highest BCUT2D eigenvalue weighted by Crippen LogP contribution is 2.37. The molecule has 1 atom stereocenters. The highest BCUT2D eigenvalue weighted by atomic mass is 19.4. The molecule has 5 heterocycles. The van der Waals surface area contributed by atoms with Crippen molar-refractivity contribution in [3.63, 3.8) is 0 Å². The molecule has 2 fully saturated rings. The summed E-state index contributed by atoms with van der Waals surface area (Å²) in [5.74, 6) is 0.990. The molecule has 39 heavy (non-hydrogen) atoms. The Bertz CT molecular complexity index is 1660. The molecule has 2 aliphatic rings. The fourth-order valence-electron chi connectivity index (χ4n) is 5.61. The SMILES string of the molecule is [2H]C([2H])(c1cc(C(F)(F)F)c2cn(-c3cccc(C4(Cc5nncn5C)COC4)c3)c(=O)n2c1)N1CCC[C@H](C)C1. The van der Waals surface area contributed by atoms with Crippen molar-refractivity contribution in [2.45, 2.75) is 44.3 Å². The lowest BCUT2D eigenvalue weighted by atomic mass is 9.75. The molecule has 0 saturated carbocycles. The lowest BCUT2D eigenvalue weighted by Crippen LogP contribution is -2.49. The van der Waals surface area contributed by atoms with Crippen LogP contribution in [0.1, 0.15) is 45.0 Å². The number of piperidine rings is 1. The largest absolute Gasteiger partial charge is 0.418 e. The van der Waals surface area contributed by atoms with Gasteiger partial charge in [0.15, 0.2) is 0 Å². The second-order valence-corrected chi connectivity index (χ2v) is 10.8. The minimum atomic E-state index is -4.80. The van der Waals surface area contributed by atoms with Gasteiger partial charge < -0.3 is 9.30 Å². The molecule has 0 aliphatic carbocycles. The predicted molar refractivity (Wildman–Crippen MR) is 139 cm³/mol. The van der Waals surface area contributed by atoms with Crippen molar-refractivity contribution in [1.29, 1.82) is 0 Å². The van der Waals surface area contributed by atoms with Crippen LogP contribution >= 0.6 is 0 Å². The molecule has 0 radical (unpaired) electrons. The van der Waals surface area contributed by atoms with E-state index in [2.05, 4.69) is 10.2 Å². The molecule has 11 heteroatoms. The first-order valence-electron chi connectivity index (χ1n) is 14.0. The van der Waals surface area contributed by atoms with E-state index in [0.29, 0.717) is 38.4 Å². The Morgan fingerprint density at radius 2 is 2.05 bits per heavy atom. The van der Waals surface area contributed by atoms with Crippen LogP contribution in [0.25, 0.3) is 11.2 Å². The Hall–Kier alpha value is -3.44. The van der Waals surface area contributed by atoms with E-state index in [9.17, 15) is 18.0 Å². The van der Waals surface area contributed by atoms with Crippen molar-refractivity contribution in [2.24, 2.45) is 13.0 Å². The van der Waals surface area contributed by atoms with Gasteiger partial charge in [-0.05, 0) is 54.6 Å². The summed E-state index contributed by atoms with van der Waals surface area (Å²) in [5.41, 5.74) is -1.43. The third-order valence-electron chi connectivity index (χ3n) is 7.81. The molecule has 0 amide bonds. The standard InChI is InChI=1S/C28H31F3N6O2/c1-19-5-4-8-35(12-19)13-20-9-23(28(29,30)31)24-15-36(26(38)37(24)14-20)22-7-3-6-21(10-22)27(16-39-17-27)11-25-33-32-18-34(25)2/h3,6-7,9-10,14-15,18-19H,4-5,8,11-13,16-17H2,1-2H3/t19-/m0/s1/i13D2. The van der Waals surface area contributed by atoms with Gasteiger partial charge in [-0.15, -0.1) is 10.2 Å². The first-order valence-corrected chi connectivity index (χ1v) is 13.0. The number of imidazole rings is 1. The monoisotopic (exact) mass is 542 g/mol. The number of fused-ring (bicyclic) bond motifs is 1. The van der Waals surface area contributed by atoms with E-state index in [4.69, 9.17) is 7.48 Å². The van der Waals surface area contributed by atoms with Crippen LogP contribution < -0.4 is 5.69 Å². The maximum Gasteiger partial charge on any atom is 0.418 e. The molecule has 2 aliphatic heterocycles. The molecule has 206 valence electrons. The third-order valence-corrected chi connectivity index (χ3v) is 7.81. The lowest BCUT2D eigenvalue weighted by Gasteiger charge is -2.41. The van der Waals surface area contributed by atoms with E-state index in [1.165, 1.54) is 17.0 Å². The number of alkyl halides is 3. The number of likely N-dealkylation sites (tertiary alicyclic amines) is 1. The minimum Gasteiger partial charge on any atom is -0.379 e. The highest BCUT2D eigenvalue weighted by molar-refractivity contribution is 5.58. The number of benzene rings is 1. The van der Waals surface area contributed by atoms with Crippen LogP contribution in [0.4, 0.5) is 13.2 Å². The van der Waals surface area contributed by atoms with Gasteiger partial charge >= 0.3 is 11.9 Å². The Morgan fingerprint density at radius 3 is 2.72 bits per heavy atom. The van der Waals surface area contributed by atoms with Crippen molar-refractivity contribution in [3.8, 4) is 5.69 Å². The summed E-state index contributed by atoms with van der Waals surface area (Å²) in [7, 11) is 1.85. The van der Waals surface area contributed by atoms with Gasteiger partial charge in [0, 0.05) is 47.1 Å². The van der Waals surface area contributed by atoms with E-state index in [0.717, 1.165) is 34.7 Å². The van der Waals surface area contributed by atoms with Gasteiger partial charge in [0.05, 0.1) is 30.0 Å². The van der Waals surface area contributed by atoms with E-state index in [1.54, 1.807) is 29.4 Å². The number of hydrogen-bond donors (Lipinski definition) is 0. The number of nitrogens with zero attached hydrogens (tertiary/aromatic N) is 6. The van der Waals surface area contributed by atoms with E-state index in [1.807, 2.05) is 24.6 Å². The maximum atomic E-state index is 14.3. The van der Waals surface area contributed by atoms with Crippen molar-refractivity contribution in [3.05, 3.63) is 82.1 Å². The first-order chi connectivity index (χ1) is 19.4. The van der Waals surface area contributed by atoms with Crippen LogP contribution in [-0.2, 0) is 36.3 Å². The number of pyridine rings is 1. The van der Waals surface area contributed by atoms with Crippen molar-refractivity contribution < 1.29 is 20.6 Å². The zero-order chi connectivity index (χ0) is 29.2. The summed E-state index contributed by atoms with van der Waals surface area (Å²) in [5, 5.41) is 8.14. The van der Waals surface area contributed by atoms with Gasteiger partial charge in [-0.2, -0.15) is 13.2 Å². The van der Waals surface area contributed by atoms with Crippen LogP contribution in [0.3, 0.4) is 0 Å². The average Bonchev–Trinajstić information content (AvgIpc) is 3.47. The Labute approximate surface area is 226 Å². The molecule has 8 nitrogen and oxygen atoms in total. The Balaban J connectivity index is 1.44. The zero-order valence-corrected chi connectivity index (χ0v) is 21.8. The number of rotatable bonds is 6. The quantitative estimate of drug-likeness (QED) is 0.369. The normalized spacial score (nSPS) is 21.0. The van der Waals surface area contributed by atoms with Gasteiger partial charge in [-0.1, -0.05) is 19.1 Å². The zero-order valence-electron chi connectivity index (χ0n) is 23.8. The molecular formula is C28H31F3N6O2. The van der Waals surface area contributed by atoms with E-state index < -0.39 is 29.3 Å². The van der Waals surface area contributed by atoms with E-state index in [-0.39, 0.29) is 17.0 Å². The summed E-state index contributed by atoms with van der Waals surface area (Å²) >= 11 is 0. The van der Waals surface area contributed by atoms with Gasteiger partial charge in [0.1, 0.15) is 12.2 Å². The number of halogens is 3. The second kappa shape index (κ2) is 9.63. The summed E-state index contributed by atoms with van der Waals surface area (Å²) in [6, 6.07) is 7.99. The summed E-state index contributed by atoms with van der Waals surface area (Å²) in [6.07, 6.45) is 1.45. The number of hydrogen-bond acceptors (Lipinski definition) is 5. The number of ether oxygens (including phenoxy) is 1. The fourth-order valence-corrected chi connectivity index (χ4v) is 5.61.